The highest BCUT2D eigenvalue weighted by Crippen LogP contribution is 2.06. The SMILES string of the molecule is C=C(Cc1ccccc1)C(C)=N. The van der Waals surface area contributed by atoms with Gasteiger partial charge in [0.25, 0.3) is 0 Å². The highest BCUT2D eigenvalue weighted by Gasteiger charge is 1.97. The molecule has 1 rings (SSSR count). The van der Waals surface area contributed by atoms with E-state index in [4.69, 9.17) is 5.41 Å². The first kappa shape index (κ1) is 8.72. The normalized spacial score (nSPS) is 9.42. The summed E-state index contributed by atoms with van der Waals surface area (Å²) >= 11 is 0. The van der Waals surface area contributed by atoms with E-state index in [1.165, 1.54) is 5.56 Å². The van der Waals surface area contributed by atoms with Crippen LogP contribution in [0.15, 0.2) is 42.5 Å². The number of allylic oxidation sites excluding steroid dienone is 1. The van der Waals surface area contributed by atoms with E-state index < -0.39 is 0 Å². The van der Waals surface area contributed by atoms with E-state index in [0.717, 1.165) is 12.0 Å². The molecule has 0 spiro atoms. The van der Waals surface area contributed by atoms with Gasteiger partial charge in [0.05, 0.1) is 0 Å². The molecule has 12 heavy (non-hydrogen) atoms. The van der Waals surface area contributed by atoms with Gasteiger partial charge in [0.15, 0.2) is 0 Å². The Balaban J connectivity index is 2.65. The zero-order valence-corrected chi connectivity index (χ0v) is 7.30. The maximum absolute atomic E-state index is 7.35. The molecule has 0 radical (unpaired) electrons. The Morgan fingerprint density at radius 2 is 1.92 bits per heavy atom. The van der Waals surface area contributed by atoms with Gasteiger partial charge in [-0.3, -0.25) is 0 Å². The van der Waals surface area contributed by atoms with Crippen molar-refractivity contribution in [2.45, 2.75) is 13.3 Å². The molecular weight excluding hydrogens is 146 g/mol. The van der Waals surface area contributed by atoms with Gasteiger partial charge in [0, 0.05) is 5.71 Å². The summed E-state index contributed by atoms with van der Waals surface area (Å²) in [5.41, 5.74) is 2.68. The van der Waals surface area contributed by atoms with Crippen molar-refractivity contribution in [2.24, 2.45) is 0 Å². The average Bonchev–Trinajstić information content (AvgIpc) is 2.06. The Hall–Kier alpha value is -1.37. The maximum atomic E-state index is 7.35. The molecule has 1 N–H and O–H groups in total. The van der Waals surface area contributed by atoms with E-state index in [9.17, 15) is 0 Å². The van der Waals surface area contributed by atoms with Crippen LogP contribution in [0, 0.1) is 5.41 Å². The standard InChI is InChI=1S/C11H13N/c1-9(10(2)12)8-11-6-4-3-5-7-11/h3-7,12H,1,8H2,2H3. The lowest BCUT2D eigenvalue weighted by Crippen LogP contribution is -1.97. The molecule has 0 atom stereocenters. The summed E-state index contributed by atoms with van der Waals surface area (Å²) in [6, 6.07) is 10.1. The Morgan fingerprint density at radius 1 is 1.33 bits per heavy atom. The molecule has 1 aromatic carbocycles. The van der Waals surface area contributed by atoms with Crippen LogP contribution < -0.4 is 0 Å². The van der Waals surface area contributed by atoms with Crippen LogP contribution in [0.5, 0.6) is 0 Å². The summed E-state index contributed by atoms with van der Waals surface area (Å²) in [6.07, 6.45) is 0.788. The molecule has 1 heteroatoms. The molecule has 0 amide bonds. The lowest BCUT2D eigenvalue weighted by molar-refractivity contribution is 1.21. The quantitative estimate of drug-likeness (QED) is 0.656. The molecule has 1 aromatic rings. The maximum Gasteiger partial charge on any atom is 0.0312 e. The molecule has 0 saturated carbocycles. The second-order valence-electron chi connectivity index (χ2n) is 2.89. The summed E-state index contributed by atoms with van der Waals surface area (Å²) in [6.45, 7) is 5.59. The van der Waals surface area contributed by atoms with Crippen LogP contribution >= 0.6 is 0 Å². The molecule has 0 bridgehead atoms. The summed E-state index contributed by atoms with van der Waals surface area (Å²) in [5, 5.41) is 7.35. The molecule has 0 heterocycles. The molecule has 0 aliphatic carbocycles. The fourth-order valence-corrected chi connectivity index (χ4v) is 0.975. The molecular formula is C11H13N. The molecule has 0 saturated heterocycles. The van der Waals surface area contributed by atoms with Crippen molar-refractivity contribution in [3.63, 3.8) is 0 Å². The molecule has 0 unspecified atom stereocenters. The third kappa shape index (κ3) is 2.35. The van der Waals surface area contributed by atoms with Crippen LogP contribution in [-0.2, 0) is 6.42 Å². The van der Waals surface area contributed by atoms with Gasteiger partial charge in [0.2, 0.25) is 0 Å². The first-order chi connectivity index (χ1) is 5.70. The zero-order valence-electron chi connectivity index (χ0n) is 7.30. The third-order valence-corrected chi connectivity index (χ3v) is 1.79. The molecule has 62 valence electrons. The van der Waals surface area contributed by atoms with Gasteiger partial charge in [-0.05, 0) is 24.5 Å². The van der Waals surface area contributed by atoms with Crippen molar-refractivity contribution in [3.8, 4) is 0 Å². The third-order valence-electron chi connectivity index (χ3n) is 1.79. The van der Waals surface area contributed by atoms with Crippen molar-refractivity contribution < 1.29 is 0 Å². The summed E-state index contributed by atoms with van der Waals surface area (Å²) in [5.74, 6) is 0. The topological polar surface area (TPSA) is 23.9 Å². The van der Waals surface area contributed by atoms with E-state index in [2.05, 4.69) is 6.58 Å². The molecule has 1 nitrogen and oxygen atoms in total. The van der Waals surface area contributed by atoms with Gasteiger partial charge in [-0.2, -0.15) is 0 Å². The van der Waals surface area contributed by atoms with Crippen LogP contribution in [0.2, 0.25) is 0 Å². The van der Waals surface area contributed by atoms with Crippen molar-refractivity contribution in [1.82, 2.24) is 0 Å². The summed E-state index contributed by atoms with van der Waals surface area (Å²) < 4.78 is 0. The van der Waals surface area contributed by atoms with Crippen LogP contribution in [0.25, 0.3) is 0 Å². The number of hydrogen-bond donors (Lipinski definition) is 1. The van der Waals surface area contributed by atoms with Crippen LogP contribution in [-0.4, -0.2) is 5.71 Å². The fraction of sp³-hybridized carbons (Fsp3) is 0.182. The van der Waals surface area contributed by atoms with E-state index in [0.29, 0.717) is 5.71 Å². The van der Waals surface area contributed by atoms with Gasteiger partial charge in [-0.15, -0.1) is 0 Å². The number of hydrogen-bond acceptors (Lipinski definition) is 1. The van der Waals surface area contributed by atoms with E-state index >= 15 is 0 Å². The van der Waals surface area contributed by atoms with E-state index in [-0.39, 0.29) is 0 Å². The molecule has 0 aromatic heterocycles. The summed E-state index contributed by atoms with van der Waals surface area (Å²) in [4.78, 5) is 0. The minimum Gasteiger partial charge on any atom is -0.305 e. The van der Waals surface area contributed by atoms with Gasteiger partial charge >= 0.3 is 0 Å². The van der Waals surface area contributed by atoms with Crippen molar-refractivity contribution >= 4 is 5.71 Å². The Labute approximate surface area is 73.3 Å². The largest absolute Gasteiger partial charge is 0.305 e. The van der Waals surface area contributed by atoms with Crippen LogP contribution in [0.3, 0.4) is 0 Å². The minimum absolute atomic E-state index is 0.568. The van der Waals surface area contributed by atoms with Crippen molar-refractivity contribution in [1.29, 1.82) is 5.41 Å². The predicted octanol–water partition coefficient (Wildman–Crippen LogP) is 2.82. The number of benzene rings is 1. The van der Waals surface area contributed by atoms with Gasteiger partial charge in [0.1, 0.15) is 0 Å². The zero-order chi connectivity index (χ0) is 8.97. The highest BCUT2D eigenvalue weighted by molar-refractivity contribution is 5.95. The Morgan fingerprint density at radius 3 is 2.42 bits per heavy atom. The minimum atomic E-state index is 0.568. The first-order valence-electron chi connectivity index (χ1n) is 3.97. The monoisotopic (exact) mass is 159 g/mol. The van der Waals surface area contributed by atoms with Crippen LogP contribution in [0.1, 0.15) is 12.5 Å². The highest BCUT2D eigenvalue weighted by atomic mass is 14.4. The second-order valence-corrected chi connectivity index (χ2v) is 2.89. The van der Waals surface area contributed by atoms with Crippen LogP contribution in [0.4, 0.5) is 0 Å². The predicted molar refractivity (Wildman–Crippen MR) is 52.7 cm³/mol. The van der Waals surface area contributed by atoms with Gasteiger partial charge in [-0.25, -0.2) is 0 Å². The lowest BCUT2D eigenvalue weighted by atomic mass is 10.0. The van der Waals surface area contributed by atoms with E-state index in [1.54, 1.807) is 6.92 Å². The molecule has 0 fully saturated rings. The molecule has 0 aliphatic rings. The van der Waals surface area contributed by atoms with Gasteiger partial charge < -0.3 is 5.41 Å². The Kier molecular flexibility index (Phi) is 2.81. The smallest absolute Gasteiger partial charge is 0.0312 e. The Bertz CT molecular complexity index is 285. The van der Waals surface area contributed by atoms with Crippen molar-refractivity contribution in [2.75, 3.05) is 0 Å². The van der Waals surface area contributed by atoms with E-state index in [1.807, 2.05) is 30.3 Å². The molecule has 0 aliphatic heterocycles. The average molecular weight is 159 g/mol. The number of rotatable bonds is 3. The second kappa shape index (κ2) is 3.86. The lowest BCUT2D eigenvalue weighted by Gasteiger charge is -2.02. The first-order valence-corrected chi connectivity index (χ1v) is 3.97. The number of nitrogens with one attached hydrogen (secondary N) is 1. The van der Waals surface area contributed by atoms with Crippen molar-refractivity contribution in [3.05, 3.63) is 48.0 Å². The van der Waals surface area contributed by atoms with Gasteiger partial charge in [-0.1, -0.05) is 36.9 Å². The fourth-order valence-electron chi connectivity index (χ4n) is 0.975. The summed E-state index contributed by atoms with van der Waals surface area (Å²) in [7, 11) is 0.